The van der Waals surface area contributed by atoms with Crippen LogP contribution in [0.5, 0.6) is 5.88 Å². The first-order valence-corrected chi connectivity index (χ1v) is 7.20. The van der Waals surface area contributed by atoms with Gasteiger partial charge in [-0.2, -0.15) is 0 Å². The molecular formula is C17H20N2O. The summed E-state index contributed by atoms with van der Waals surface area (Å²) in [6, 6.07) is 12.4. The summed E-state index contributed by atoms with van der Waals surface area (Å²) in [4.78, 5) is 4.31. The highest BCUT2D eigenvalue weighted by Gasteiger charge is 2.21. The van der Waals surface area contributed by atoms with Crippen LogP contribution in [0.2, 0.25) is 0 Å². The van der Waals surface area contributed by atoms with Crippen LogP contribution in [0.1, 0.15) is 48.6 Å². The minimum absolute atomic E-state index is 0.000933. The first-order valence-electron chi connectivity index (χ1n) is 7.20. The Balaban J connectivity index is 1.84. The Morgan fingerprint density at radius 2 is 2.15 bits per heavy atom. The van der Waals surface area contributed by atoms with E-state index in [0.717, 1.165) is 24.8 Å². The van der Waals surface area contributed by atoms with Crippen molar-refractivity contribution in [1.82, 2.24) is 4.98 Å². The van der Waals surface area contributed by atoms with E-state index in [1.807, 2.05) is 19.1 Å². The molecule has 0 radical (unpaired) electrons. The lowest BCUT2D eigenvalue weighted by molar-refractivity contribution is 0.175. The third kappa shape index (κ3) is 2.68. The number of pyridine rings is 1. The molecule has 0 amide bonds. The van der Waals surface area contributed by atoms with Crippen molar-refractivity contribution >= 4 is 0 Å². The number of nitrogens with zero attached hydrogens (tertiary/aromatic N) is 1. The second kappa shape index (κ2) is 5.63. The SMILES string of the molecule is CC(N)c1ccnc(OC2CCCc3ccccc32)c1. The highest BCUT2D eigenvalue weighted by Crippen LogP contribution is 2.33. The number of aromatic nitrogens is 1. The first-order chi connectivity index (χ1) is 9.74. The first kappa shape index (κ1) is 13.1. The van der Waals surface area contributed by atoms with Gasteiger partial charge in [0.05, 0.1) is 0 Å². The van der Waals surface area contributed by atoms with E-state index in [2.05, 4.69) is 29.2 Å². The number of hydrogen-bond donors (Lipinski definition) is 1. The van der Waals surface area contributed by atoms with Crippen LogP contribution in [-0.2, 0) is 6.42 Å². The molecule has 0 fully saturated rings. The van der Waals surface area contributed by atoms with Gasteiger partial charge in [0.2, 0.25) is 5.88 Å². The number of rotatable bonds is 3. The lowest BCUT2D eigenvalue weighted by Crippen LogP contribution is -2.16. The van der Waals surface area contributed by atoms with Gasteiger partial charge in [0, 0.05) is 18.3 Å². The summed E-state index contributed by atoms with van der Waals surface area (Å²) < 4.78 is 6.11. The summed E-state index contributed by atoms with van der Waals surface area (Å²) in [5, 5.41) is 0. The summed E-state index contributed by atoms with van der Waals surface area (Å²) >= 11 is 0. The van der Waals surface area contributed by atoms with E-state index in [1.54, 1.807) is 6.20 Å². The molecule has 3 rings (SSSR count). The quantitative estimate of drug-likeness (QED) is 0.926. The molecule has 2 unspecified atom stereocenters. The highest BCUT2D eigenvalue weighted by atomic mass is 16.5. The van der Waals surface area contributed by atoms with Crippen LogP contribution in [0, 0.1) is 0 Å². The zero-order valence-corrected chi connectivity index (χ0v) is 11.8. The maximum Gasteiger partial charge on any atom is 0.214 e. The van der Waals surface area contributed by atoms with Gasteiger partial charge in [0.1, 0.15) is 6.10 Å². The second-order valence-electron chi connectivity index (χ2n) is 5.41. The van der Waals surface area contributed by atoms with Crippen LogP contribution < -0.4 is 10.5 Å². The minimum Gasteiger partial charge on any atom is -0.469 e. The van der Waals surface area contributed by atoms with Gasteiger partial charge in [-0.3, -0.25) is 0 Å². The summed E-state index contributed by atoms with van der Waals surface area (Å²) in [5.41, 5.74) is 9.66. The van der Waals surface area contributed by atoms with E-state index in [1.165, 1.54) is 11.1 Å². The molecule has 1 aliphatic rings. The molecule has 2 N–H and O–H groups in total. The van der Waals surface area contributed by atoms with E-state index < -0.39 is 0 Å². The molecule has 3 nitrogen and oxygen atoms in total. The molecule has 2 aromatic rings. The molecule has 3 heteroatoms. The fourth-order valence-corrected chi connectivity index (χ4v) is 2.75. The summed E-state index contributed by atoms with van der Waals surface area (Å²) in [5.74, 6) is 0.668. The van der Waals surface area contributed by atoms with Crippen molar-refractivity contribution in [2.45, 2.75) is 38.3 Å². The number of hydrogen-bond acceptors (Lipinski definition) is 3. The fourth-order valence-electron chi connectivity index (χ4n) is 2.75. The van der Waals surface area contributed by atoms with Crippen LogP contribution >= 0.6 is 0 Å². The average molecular weight is 268 g/mol. The molecule has 0 aliphatic heterocycles. The minimum atomic E-state index is -0.000933. The van der Waals surface area contributed by atoms with Gasteiger partial charge < -0.3 is 10.5 Å². The fraction of sp³-hybridized carbons (Fsp3) is 0.353. The Morgan fingerprint density at radius 1 is 1.30 bits per heavy atom. The van der Waals surface area contributed by atoms with Crippen molar-refractivity contribution < 1.29 is 4.74 Å². The smallest absolute Gasteiger partial charge is 0.214 e. The maximum absolute atomic E-state index is 6.11. The van der Waals surface area contributed by atoms with E-state index in [9.17, 15) is 0 Å². The number of fused-ring (bicyclic) bond motifs is 1. The van der Waals surface area contributed by atoms with E-state index in [4.69, 9.17) is 10.5 Å². The van der Waals surface area contributed by atoms with Crippen molar-refractivity contribution in [3.8, 4) is 5.88 Å². The van der Waals surface area contributed by atoms with Crippen molar-refractivity contribution in [1.29, 1.82) is 0 Å². The molecule has 1 aliphatic carbocycles. The van der Waals surface area contributed by atoms with E-state index in [0.29, 0.717) is 5.88 Å². The van der Waals surface area contributed by atoms with Gasteiger partial charge in [0.25, 0.3) is 0 Å². The average Bonchev–Trinajstić information content (AvgIpc) is 2.48. The third-order valence-electron chi connectivity index (χ3n) is 3.86. The second-order valence-corrected chi connectivity index (χ2v) is 5.41. The van der Waals surface area contributed by atoms with Gasteiger partial charge in [-0.25, -0.2) is 4.98 Å². The Labute approximate surface area is 119 Å². The highest BCUT2D eigenvalue weighted by molar-refractivity contribution is 5.32. The zero-order chi connectivity index (χ0) is 13.9. The van der Waals surface area contributed by atoms with Crippen LogP contribution in [0.15, 0.2) is 42.6 Å². The Hall–Kier alpha value is -1.87. The molecule has 1 aromatic heterocycles. The van der Waals surface area contributed by atoms with Crippen molar-refractivity contribution in [2.24, 2.45) is 5.73 Å². The van der Waals surface area contributed by atoms with E-state index in [-0.39, 0.29) is 12.1 Å². The molecular weight excluding hydrogens is 248 g/mol. The monoisotopic (exact) mass is 268 g/mol. The molecule has 0 bridgehead atoms. The van der Waals surface area contributed by atoms with Crippen LogP contribution in [0.4, 0.5) is 0 Å². The number of nitrogens with two attached hydrogens (primary N) is 1. The molecule has 20 heavy (non-hydrogen) atoms. The van der Waals surface area contributed by atoms with Gasteiger partial charge in [-0.15, -0.1) is 0 Å². The topological polar surface area (TPSA) is 48.1 Å². The van der Waals surface area contributed by atoms with E-state index >= 15 is 0 Å². The summed E-state index contributed by atoms with van der Waals surface area (Å²) in [6.07, 6.45) is 5.22. The Bertz CT molecular complexity index is 595. The normalized spacial score (nSPS) is 19.2. The van der Waals surface area contributed by atoms with Crippen molar-refractivity contribution in [2.75, 3.05) is 0 Å². The van der Waals surface area contributed by atoms with Crippen molar-refractivity contribution in [3.63, 3.8) is 0 Å². The molecule has 0 saturated heterocycles. The molecule has 104 valence electrons. The summed E-state index contributed by atoms with van der Waals surface area (Å²) in [6.45, 7) is 1.97. The van der Waals surface area contributed by atoms with Gasteiger partial charge in [-0.05, 0) is 48.9 Å². The Kier molecular flexibility index (Phi) is 3.70. The molecule has 2 atom stereocenters. The van der Waals surface area contributed by atoms with Crippen LogP contribution in [0.25, 0.3) is 0 Å². The van der Waals surface area contributed by atoms with Gasteiger partial charge in [-0.1, -0.05) is 24.3 Å². The maximum atomic E-state index is 6.11. The largest absolute Gasteiger partial charge is 0.469 e. The zero-order valence-electron chi connectivity index (χ0n) is 11.8. The van der Waals surface area contributed by atoms with Gasteiger partial charge in [0.15, 0.2) is 0 Å². The van der Waals surface area contributed by atoms with Crippen molar-refractivity contribution in [3.05, 3.63) is 59.3 Å². The predicted octanol–water partition coefficient (Wildman–Crippen LogP) is 3.56. The number of benzene rings is 1. The molecule has 1 aromatic carbocycles. The predicted molar refractivity (Wildman–Crippen MR) is 79.6 cm³/mol. The third-order valence-corrected chi connectivity index (χ3v) is 3.86. The van der Waals surface area contributed by atoms with Crippen LogP contribution in [-0.4, -0.2) is 4.98 Å². The molecule has 0 spiro atoms. The Morgan fingerprint density at radius 3 is 3.00 bits per heavy atom. The lowest BCUT2D eigenvalue weighted by Gasteiger charge is -2.26. The number of ether oxygens (including phenoxy) is 1. The molecule has 1 heterocycles. The molecule has 0 saturated carbocycles. The van der Waals surface area contributed by atoms with Crippen LogP contribution in [0.3, 0.4) is 0 Å². The summed E-state index contributed by atoms with van der Waals surface area (Å²) in [7, 11) is 0. The standard InChI is InChI=1S/C17H20N2O/c1-12(18)14-9-10-19-17(11-14)20-16-8-4-6-13-5-2-3-7-15(13)16/h2-3,5,7,9-12,16H,4,6,8,18H2,1H3. The van der Waals surface area contributed by atoms with Gasteiger partial charge >= 0.3 is 0 Å². The lowest BCUT2D eigenvalue weighted by atomic mass is 9.89. The number of aryl methyl sites for hydroxylation is 1.